The quantitative estimate of drug-likeness (QED) is 0.0277. The summed E-state index contributed by atoms with van der Waals surface area (Å²) in [5.74, 6) is -0.256. The van der Waals surface area contributed by atoms with Crippen molar-refractivity contribution >= 4 is 13.7 Å². The highest BCUT2D eigenvalue weighted by molar-refractivity contribution is 7.45. The molecule has 0 aliphatic rings. The van der Waals surface area contributed by atoms with E-state index in [-0.39, 0.29) is 18.9 Å². The van der Waals surface area contributed by atoms with Crippen molar-refractivity contribution in [1.29, 1.82) is 0 Å². The number of phosphoric ester groups is 1. The van der Waals surface area contributed by atoms with Crippen molar-refractivity contribution in [3.63, 3.8) is 0 Å². The van der Waals surface area contributed by atoms with E-state index in [0.717, 1.165) is 103 Å². The summed E-state index contributed by atoms with van der Waals surface area (Å²) in [6.45, 7) is 4.33. The second-order valence-electron chi connectivity index (χ2n) is 15.7. The lowest BCUT2D eigenvalue weighted by Crippen LogP contribution is -2.45. The number of amides is 1. The van der Waals surface area contributed by atoms with Gasteiger partial charge in [-0.15, -0.1) is 0 Å². The van der Waals surface area contributed by atoms with Gasteiger partial charge in [0.2, 0.25) is 5.91 Å². The summed E-state index contributed by atoms with van der Waals surface area (Å²) in [5, 5.41) is 13.5. The Kier molecular flexibility index (Phi) is 38.7. The van der Waals surface area contributed by atoms with Crippen molar-refractivity contribution in [3.05, 3.63) is 134 Å². The molecule has 9 heteroatoms. The molecule has 0 bridgehead atoms. The van der Waals surface area contributed by atoms with Crippen molar-refractivity contribution in [1.82, 2.24) is 5.32 Å². The number of nitrogens with one attached hydrogen (secondary N) is 1. The molecule has 338 valence electrons. The van der Waals surface area contributed by atoms with Gasteiger partial charge < -0.3 is 28.8 Å². The lowest BCUT2D eigenvalue weighted by molar-refractivity contribution is -0.870. The third-order valence-electron chi connectivity index (χ3n) is 8.87. The number of aliphatic hydroxyl groups excluding tert-OH is 1. The first kappa shape index (κ1) is 56.6. The molecule has 3 atom stereocenters. The summed E-state index contributed by atoms with van der Waals surface area (Å²) in [7, 11) is 1.20. The van der Waals surface area contributed by atoms with Gasteiger partial charge in [-0.05, 0) is 96.3 Å². The monoisotopic (exact) mass is 851 g/mol. The van der Waals surface area contributed by atoms with Crippen molar-refractivity contribution in [3.8, 4) is 0 Å². The van der Waals surface area contributed by atoms with E-state index < -0.39 is 26.6 Å². The van der Waals surface area contributed by atoms with Crippen molar-refractivity contribution < 1.29 is 32.9 Å². The van der Waals surface area contributed by atoms with E-state index >= 15 is 0 Å². The average molecular weight is 851 g/mol. The van der Waals surface area contributed by atoms with Gasteiger partial charge in [0.05, 0.1) is 39.9 Å². The maximum Gasteiger partial charge on any atom is 0.268 e. The van der Waals surface area contributed by atoms with E-state index in [1.165, 1.54) is 0 Å². The highest BCUT2D eigenvalue weighted by atomic mass is 31.2. The minimum atomic E-state index is -4.59. The van der Waals surface area contributed by atoms with Crippen LogP contribution in [0.4, 0.5) is 0 Å². The van der Waals surface area contributed by atoms with E-state index in [0.29, 0.717) is 17.4 Å². The number of rotatable bonds is 38. The average Bonchev–Trinajstić information content (AvgIpc) is 3.20. The van der Waals surface area contributed by atoms with Crippen LogP contribution in [0, 0.1) is 0 Å². The summed E-state index contributed by atoms with van der Waals surface area (Å²) >= 11 is 0. The second-order valence-corrected chi connectivity index (χ2v) is 17.1. The molecule has 0 saturated heterocycles. The van der Waals surface area contributed by atoms with Crippen LogP contribution >= 0.6 is 7.82 Å². The molecule has 60 heavy (non-hydrogen) atoms. The highest BCUT2D eigenvalue weighted by Crippen LogP contribution is 2.38. The maximum atomic E-state index is 12.7. The molecule has 0 fully saturated rings. The van der Waals surface area contributed by atoms with E-state index in [9.17, 15) is 19.4 Å². The Morgan fingerprint density at radius 3 is 1.42 bits per heavy atom. The van der Waals surface area contributed by atoms with Gasteiger partial charge in [-0.1, -0.05) is 160 Å². The van der Waals surface area contributed by atoms with Crippen molar-refractivity contribution in [2.75, 3.05) is 40.9 Å². The molecule has 0 radical (unpaired) electrons. The number of quaternary nitrogens is 1. The SMILES string of the molecule is CC/C=C\C/C=C\C/C=C\C/C=C\C/C=C\C/C=C\C/C=C\C/C=C\C/C=C\C/C=C\CCCCC(=O)NC(COP(=O)([O-])OCC[N+](C)(C)C)C(O)/C=C/CCCCC. The third kappa shape index (κ3) is 42.8. The topological polar surface area (TPSA) is 108 Å². The molecule has 2 N–H and O–H groups in total. The third-order valence-corrected chi connectivity index (χ3v) is 9.83. The van der Waals surface area contributed by atoms with Gasteiger partial charge >= 0.3 is 0 Å². The number of hydrogen-bond acceptors (Lipinski definition) is 6. The van der Waals surface area contributed by atoms with E-state index in [4.69, 9.17) is 9.05 Å². The molecule has 0 aliphatic heterocycles. The number of carbonyl (C=O) groups excluding carboxylic acids is 1. The van der Waals surface area contributed by atoms with Gasteiger partial charge in [-0.3, -0.25) is 9.36 Å². The Morgan fingerprint density at radius 1 is 0.600 bits per heavy atom. The number of carbonyl (C=O) groups is 1. The Labute approximate surface area is 366 Å². The predicted molar refractivity (Wildman–Crippen MR) is 255 cm³/mol. The molecular weight excluding hydrogens is 768 g/mol. The molecule has 3 unspecified atom stereocenters. The molecule has 8 nitrogen and oxygen atoms in total. The Morgan fingerprint density at radius 2 is 1.00 bits per heavy atom. The fraction of sp³-hybridized carbons (Fsp3) is 0.549. The van der Waals surface area contributed by atoms with Crippen LogP contribution in [-0.4, -0.2) is 68.5 Å². The van der Waals surface area contributed by atoms with Crippen LogP contribution in [0.1, 0.15) is 129 Å². The van der Waals surface area contributed by atoms with Crippen molar-refractivity contribution in [2.24, 2.45) is 0 Å². The van der Waals surface area contributed by atoms with Gasteiger partial charge in [0.15, 0.2) is 0 Å². The first-order valence-electron chi connectivity index (χ1n) is 22.5. The lowest BCUT2D eigenvalue weighted by Gasteiger charge is -2.29. The Hall–Kier alpha value is -3.36. The number of nitrogens with zero attached hydrogens (tertiary/aromatic N) is 1. The first-order chi connectivity index (χ1) is 29.0. The molecule has 0 aromatic rings. The van der Waals surface area contributed by atoms with Crippen LogP contribution in [0.25, 0.3) is 0 Å². The number of allylic oxidation sites excluding steroid dienone is 21. The largest absolute Gasteiger partial charge is 0.756 e. The van der Waals surface area contributed by atoms with Gasteiger partial charge in [-0.25, -0.2) is 0 Å². The molecule has 0 aliphatic carbocycles. The Balaban J connectivity index is 4.18. The van der Waals surface area contributed by atoms with Crippen LogP contribution in [0.2, 0.25) is 0 Å². The molecular formula is C51H83N2O6P. The van der Waals surface area contributed by atoms with E-state index in [1.54, 1.807) is 6.08 Å². The van der Waals surface area contributed by atoms with E-state index in [1.807, 2.05) is 27.2 Å². The summed E-state index contributed by atoms with van der Waals surface area (Å²) in [4.78, 5) is 25.1. The fourth-order valence-corrected chi connectivity index (χ4v) is 6.02. The maximum absolute atomic E-state index is 12.7. The fourth-order valence-electron chi connectivity index (χ4n) is 5.29. The number of phosphoric acid groups is 1. The smallest absolute Gasteiger partial charge is 0.268 e. The minimum Gasteiger partial charge on any atom is -0.756 e. The molecule has 0 rings (SSSR count). The summed E-state index contributed by atoms with van der Waals surface area (Å²) in [6, 6.07) is -0.916. The predicted octanol–water partition coefficient (Wildman–Crippen LogP) is 12.2. The number of unbranched alkanes of at least 4 members (excludes halogenated alkanes) is 5. The van der Waals surface area contributed by atoms with Gasteiger partial charge in [0, 0.05) is 6.42 Å². The Bertz CT molecular complexity index is 1430. The van der Waals surface area contributed by atoms with E-state index in [2.05, 4.69) is 141 Å². The number of hydrogen-bond donors (Lipinski definition) is 2. The molecule has 1 amide bonds. The second kappa shape index (κ2) is 41.0. The van der Waals surface area contributed by atoms with Crippen LogP contribution < -0.4 is 10.2 Å². The van der Waals surface area contributed by atoms with Crippen molar-refractivity contribution in [2.45, 2.75) is 142 Å². The van der Waals surface area contributed by atoms with Crippen LogP contribution in [0.3, 0.4) is 0 Å². The van der Waals surface area contributed by atoms with Crippen LogP contribution in [-0.2, 0) is 18.4 Å². The summed E-state index contributed by atoms with van der Waals surface area (Å²) < 4.78 is 22.9. The summed E-state index contributed by atoms with van der Waals surface area (Å²) in [6.07, 6.45) is 62.8. The standard InChI is InChI=1S/C51H83N2O6P/c1-6-8-10-12-13-14-15-16-17-18-19-20-21-22-23-24-25-26-27-28-29-30-31-32-33-34-35-36-37-38-39-41-43-45-51(55)52-49(50(54)44-42-40-11-9-7-2)48-59-60(56,57)58-47-46-53(3,4)5/h8,10,13-14,16-17,19-20,22-23,25-26,28-29,31-32,34-35,37-38,42,44,49-50,54H,6-7,9,11-12,15,18,21,24,27,30,33,36,39-41,43,45-48H2,1-5H3,(H-,52,55,56,57)/b10-8-,14-13-,17-16-,20-19-,23-22-,26-25-,29-28-,32-31-,35-34-,38-37-,44-42+. The van der Waals surface area contributed by atoms with Gasteiger partial charge in [0.1, 0.15) is 13.2 Å². The van der Waals surface area contributed by atoms with Crippen LogP contribution in [0.5, 0.6) is 0 Å². The zero-order valence-electron chi connectivity index (χ0n) is 38.1. The zero-order valence-corrected chi connectivity index (χ0v) is 39.0. The van der Waals surface area contributed by atoms with Gasteiger partial charge in [0.25, 0.3) is 7.82 Å². The molecule has 0 heterocycles. The lowest BCUT2D eigenvalue weighted by atomic mass is 10.1. The highest BCUT2D eigenvalue weighted by Gasteiger charge is 2.23. The van der Waals surface area contributed by atoms with Crippen LogP contribution in [0.15, 0.2) is 134 Å². The summed E-state index contributed by atoms with van der Waals surface area (Å²) in [5.41, 5.74) is 0. The molecule has 0 spiro atoms. The molecule has 0 saturated carbocycles. The normalized spacial score (nSPS) is 15.5. The van der Waals surface area contributed by atoms with Gasteiger partial charge in [-0.2, -0.15) is 0 Å². The zero-order chi connectivity index (χ0) is 44.3. The number of aliphatic hydroxyl groups is 1. The minimum absolute atomic E-state index is 0.0188. The number of likely N-dealkylation sites (N-methyl/N-ethyl adjacent to an activating group) is 1. The first-order valence-corrected chi connectivity index (χ1v) is 24.0. The molecule has 0 aromatic carbocycles. The molecule has 0 aromatic heterocycles.